The molecule has 0 spiro atoms. The second-order valence-corrected chi connectivity index (χ2v) is 5.03. The van der Waals surface area contributed by atoms with Crippen LogP contribution in [0.3, 0.4) is 0 Å². The number of amides is 1. The van der Waals surface area contributed by atoms with Crippen LogP contribution in [0.4, 0.5) is 0 Å². The summed E-state index contributed by atoms with van der Waals surface area (Å²) in [5.74, 6) is 0.0197. The molecule has 1 amide bonds. The van der Waals surface area contributed by atoms with E-state index in [2.05, 4.69) is 10.3 Å². The first-order valence-corrected chi connectivity index (χ1v) is 6.57. The fourth-order valence-electron chi connectivity index (χ4n) is 2.09. The van der Waals surface area contributed by atoms with Gasteiger partial charge >= 0.3 is 0 Å². The molecule has 1 heterocycles. The van der Waals surface area contributed by atoms with Gasteiger partial charge in [-0.1, -0.05) is 6.07 Å². The van der Waals surface area contributed by atoms with Crippen LogP contribution in [0.25, 0.3) is 0 Å². The maximum absolute atomic E-state index is 11.6. The van der Waals surface area contributed by atoms with Gasteiger partial charge in [0.25, 0.3) is 0 Å². The summed E-state index contributed by atoms with van der Waals surface area (Å²) in [6.07, 6.45) is 6.54. The molecule has 1 aromatic rings. The average molecular weight is 248 g/mol. The van der Waals surface area contributed by atoms with Crippen LogP contribution in [0.15, 0.2) is 24.4 Å². The van der Waals surface area contributed by atoms with Gasteiger partial charge in [0.15, 0.2) is 0 Å². The van der Waals surface area contributed by atoms with Crippen LogP contribution in [0.5, 0.6) is 0 Å². The molecule has 1 aromatic heterocycles. The number of nitrogens with one attached hydrogen (secondary N) is 1. The first kappa shape index (κ1) is 13.0. The van der Waals surface area contributed by atoms with E-state index in [0.717, 1.165) is 37.8 Å². The highest BCUT2D eigenvalue weighted by atomic mass is 16.3. The summed E-state index contributed by atoms with van der Waals surface area (Å²) in [7, 11) is 0. The molecular formula is C14H20N2O2. The second-order valence-electron chi connectivity index (χ2n) is 5.03. The first-order valence-electron chi connectivity index (χ1n) is 6.57. The van der Waals surface area contributed by atoms with E-state index in [-0.39, 0.29) is 5.91 Å². The molecule has 0 bridgehead atoms. The van der Waals surface area contributed by atoms with Gasteiger partial charge in [0.1, 0.15) is 0 Å². The van der Waals surface area contributed by atoms with Gasteiger partial charge in [0.2, 0.25) is 5.91 Å². The summed E-state index contributed by atoms with van der Waals surface area (Å²) in [5, 5.41) is 12.6. The van der Waals surface area contributed by atoms with Crippen molar-refractivity contribution in [2.75, 3.05) is 6.54 Å². The van der Waals surface area contributed by atoms with Crippen LogP contribution >= 0.6 is 0 Å². The first-order chi connectivity index (χ1) is 8.68. The summed E-state index contributed by atoms with van der Waals surface area (Å²) in [6, 6.07) is 5.80. The van der Waals surface area contributed by atoms with Gasteiger partial charge in [0, 0.05) is 24.9 Å². The predicted molar refractivity (Wildman–Crippen MR) is 69.0 cm³/mol. The lowest BCUT2D eigenvalue weighted by Crippen LogP contribution is -2.47. The minimum Gasteiger partial charge on any atom is -0.388 e. The van der Waals surface area contributed by atoms with Crippen LogP contribution in [0, 0.1) is 0 Å². The number of aromatic nitrogens is 1. The molecule has 1 saturated carbocycles. The molecule has 0 unspecified atom stereocenters. The molecule has 18 heavy (non-hydrogen) atoms. The lowest BCUT2D eigenvalue weighted by molar-refractivity contribution is -0.123. The van der Waals surface area contributed by atoms with Gasteiger partial charge in [-0.2, -0.15) is 0 Å². The molecule has 0 aromatic carbocycles. The third kappa shape index (κ3) is 3.81. The quantitative estimate of drug-likeness (QED) is 0.800. The van der Waals surface area contributed by atoms with E-state index in [0.29, 0.717) is 13.0 Å². The van der Waals surface area contributed by atoms with E-state index in [9.17, 15) is 9.90 Å². The average Bonchev–Trinajstić information content (AvgIpc) is 2.35. The van der Waals surface area contributed by atoms with Crippen molar-refractivity contribution >= 4 is 5.91 Å². The topological polar surface area (TPSA) is 62.2 Å². The summed E-state index contributed by atoms with van der Waals surface area (Å²) in [5.41, 5.74) is 0.388. The molecule has 4 nitrogen and oxygen atoms in total. The van der Waals surface area contributed by atoms with Gasteiger partial charge < -0.3 is 10.4 Å². The summed E-state index contributed by atoms with van der Waals surface area (Å²) >= 11 is 0. The lowest BCUT2D eigenvalue weighted by Gasteiger charge is -2.36. The molecule has 4 heteroatoms. The van der Waals surface area contributed by atoms with Crippen molar-refractivity contribution in [1.29, 1.82) is 0 Å². The van der Waals surface area contributed by atoms with Crippen LogP contribution in [-0.2, 0) is 11.2 Å². The number of rotatable bonds is 6. The van der Waals surface area contributed by atoms with Gasteiger partial charge in [-0.25, -0.2) is 0 Å². The molecule has 0 atom stereocenters. The molecular weight excluding hydrogens is 228 g/mol. The second kappa shape index (κ2) is 5.96. The molecule has 1 fully saturated rings. The van der Waals surface area contributed by atoms with E-state index in [1.165, 1.54) is 0 Å². The maximum Gasteiger partial charge on any atom is 0.220 e. The van der Waals surface area contributed by atoms with Crippen LogP contribution < -0.4 is 5.32 Å². The Morgan fingerprint density at radius 1 is 1.44 bits per heavy atom. The number of aryl methyl sites for hydroxylation is 1. The van der Waals surface area contributed by atoms with Gasteiger partial charge in [-0.05, 0) is 44.2 Å². The molecule has 2 rings (SSSR count). The van der Waals surface area contributed by atoms with Crippen molar-refractivity contribution in [2.45, 2.75) is 44.1 Å². The van der Waals surface area contributed by atoms with Crippen LogP contribution in [0.2, 0.25) is 0 Å². The Bertz CT molecular complexity index is 388. The fourth-order valence-corrected chi connectivity index (χ4v) is 2.09. The molecule has 2 N–H and O–H groups in total. The van der Waals surface area contributed by atoms with Crippen molar-refractivity contribution in [3.63, 3.8) is 0 Å². The number of hydrogen-bond donors (Lipinski definition) is 2. The van der Waals surface area contributed by atoms with E-state index in [1.807, 2.05) is 18.2 Å². The molecule has 1 aliphatic rings. The van der Waals surface area contributed by atoms with E-state index < -0.39 is 5.60 Å². The van der Waals surface area contributed by atoms with E-state index in [4.69, 9.17) is 0 Å². The van der Waals surface area contributed by atoms with Crippen molar-refractivity contribution in [3.8, 4) is 0 Å². The fraction of sp³-hybridized carbons (Fsp3) is 0.571. The Labute approximate surface area is 107 Å². The summed E-state index contributed by atoms with van der Waals surface area (Å²) in [6.45, 7) is 0.398. The number of nitrogens with zero attached hydrogens (tertiary/aromatic N) is 1. The molecule has 98 valence electrons. The monoisotopic (exact) mass is 248 g/mol. The van der Waals surface area contributed by atoms with Gasteiger partial charge in [-0.3, -0.25) is 9.78 Å². The zero-order chi connectivity index (χ0) is 12.8. The van der Waals surface area contributed by atoms with Crippen LogP contribution in [0.1, 0.15) is 37.8 Å². The van der Waals surface area contributed by atoms with E-state index in [1.54, 1.807) is 6.20 Å². The number of carbonyl (C=O) groups is 1. The zero-order valence-electron chi connectivity index (χ0n) is 10.6. The third-order valence-electron chi connectivity index (χ3n) is 3.46. The SMILES string of the molecule is O=C(CCCc1ccccn1)NCC1(O)CCC1. The highest BCUT2D eigenvalue weighted by Crippen LogP contribution is 2.30. The van der Waals surface area contributed by atoms with Crippen LogP contribution in [-0.4, -0.2) is 28.1 Å². The molecule has 0 aliphatic heterocycles. The van der Waals surface area contributed by atoms with Gasteiger partial charge in [0.05, 0.1) is 5.60 Å². The largest absolute Gasteiger partial charge is 0.388 e. The highest BCUT2D eigenvalue weighted by Gasteiger charge is 2.34. The Morgan fingerprint density at radius 3 is 2.89 bits per heavy atom. The maximum atomic E-state index is 11.6. The van der Waals surface area contributed by atoms with Crippen molar-refractivity contribution in [2.24, 2.45) is 0 Å². The number of aliphatic hydroxyl groups is 1. The number of carbonyl (C=O) groups excluding carboxylic acids is 1. The predicted octanol–water partition coefficient (Wildman–Crippen LogP) is 1.44. The van der Waals surface area contributed by atoms with Gasteiger partial charge in [-0.15, -0.1) is 0 Å². The Hall–Kier alpha value is -1.42. The Morgan fingerprint density at radius 2 is 2.28 bits per heavy atom. The normalized spacial score (nSPS) is 16.9. The smallest absolute Gasteiger partial charge is 0.220 e. The lowest BCUT2D eigenvalue weighted by atomic mass is 9.80. The molecule has 0 radical (unpaired) electrons. The Balaban J connectivity index is 1.60. The van der Waals surface area contributed by atoms with E-state index >= 15 is 0 Å². The Kier molecular flexibility index (Phi) is 4.31. The minimum atomic E-state index is -0.628. The molecule has 0 saturated heterocycles. The minimum absolute atomic E-state index is 0.0197. The highest BCUT2D eigenvalue weighted by molar-refractivity contribution is 5.75. The summed E-state index contributed by atoms with van der Waals surface area (Å²) < 4.78 is 0. The number of hydrogen-bond acceptors (Lipinski definition) is 3. The zero-order valence-corrected chi connectivity index (χ0v) is 10.6. The standard InChI is InChI=1S/C14H20N2O2/c17-13(16-11-14(18)8-4-9-14)7-3-6-12-5-1-2-10-15-12/h1-2,5,10,18H,3-4,6-9,11H2,(H,16,17). The van der Waals surface area contributed by atoms with Crippen molar-refractivity contribution in [1.82, 2.24) is 10.3 Å². The summed E-state index contributed by atoms with van der Waals surface area (Å²) in [4.78, 5) is 15.8. The van der Waals surface area contributed by atoms with Crippen molar-refractivity contribution < 1.29 is 9.90 Å². The van der Waals surface area contributed by atoms with Crippen molar-refractivity contribution in [3.05, 3.63) is 30.1 Å². The third-order valence-corrected chi connectivity index (χ3v) is 3.46. The molecule has 1 aliphatic carbocycles. The number of pyridine rings is 1.